The first-order valence-corrected chi connectivity index (χ1v) is 5.81. The average molecular weight is 245 g/mol. The van der Waals surface area contributed by atoms with Crippen molar-refractivity contribution in [1.29, 1.82) is 0 Å². The number of rotatable bonds is 6. The Bertz CT molecular complexity index is 263. The highest BCUT2D eigenvalue weighted by Crippen LogP contribution is 2.05. The number of carbonyl (C=O) groups is 2. The van der Waals surface area contributed by atoms with Crippen molar-refractivity contribution >= 4 is 11.9 Å². The van der Waals surface area contributed by atoms with E-state index in [4.69, 9.17) is 14.6 Å². The zero-order chi connectivity index (χ0) is 12.7. The molecule has 0 spiro atoms. The standard InChI is InChI=1S/C11H19NO5/c1-8(11(14)15)3-2-4-12-10(13)9-7-16-5-6-17-9/h8-9H,2-7H2,1H3,(H,12,13)(H,14,15). The van der Waals surface area contributed by atoms with E-state index in [1.807, 2.05) is 0 Å². The van der Waals surface area contributed by atoms with Gasteiger partial charge in [0, 0.05) is 6.54 Å². The fourth-order valence-electron chi connectivity index (χ4n) is 1.50. The fraction of sp³-hybridized carbons (Fsp3) is 0.818. The lowest BCUT2D eigenvalue weighted by atomic mass is 10.1. The number of carbonyl (C=O) groups excluding carboxylic acids is 1. The smallest absolute Gasteiger partial charge is 0.306 e. The van der Waals surface area contributed by atoms with Crippen molar-refractivity contribution in [3.63, 3.8) is 0 Å². The molecule has 17 heavy (non-hydrogen) atoms. The molecule has 2 N–H and O–H groups in total. The summed E-state index contributed by atoms with van der Waals surface area (Å²) in [6.07, 6.45) is 0.672. The molecule has 1 saturated heterocycles. The van der Waals surface area contributed by atoms with Crippen molar-refractivity contribution in [3.8, 4) is 0 Å². The number of hydrogen-bond acceptors (Lipinski definition) is 4. The summed E-state index contributed by atoms with van der Waals surface area (Å²) in [6, 6.07) is 0. The SMILES string of the molecule is CC(CCCNC(=O)C1COCCO1)C(=O)O. The zero-order valence-electron chi connectivity index (χ0n) is 9.98. The Morgan fingerprint density at radius 2 is 2.24 bits per heavy atom. The Hall–Kier alpha value is -1.14. The van der Waals surface area contributed by atoms with Gasteiger partial charge >= 0.3 is 5.97 Å². The molecule has 1 fully saturated rings. The third-order valence-corrected chi connectivity index (χ3v) is 2.64. The lowest BCUT2D eigenvalue weighted by Crippen LogP contribution is -2.43. The van der Waals surface area contributed by atoms with Crippen LogP contribution in [-0.4, -0.2) is 49.5 Å². The molecule has 0 radical (unpaired) electrons. The summed E-state index contributed by atoms with van der Waals surface area (Å²) in [4.78, 5) is 22.1. The Balaban J connectivity index is 2.09. The maximum atomic E-state index is 11.5. The zero-order valence-corrected chi connectivity index (χ0v) is 9.98. The van der Waals surface area contributed by atoms with E-state index in [9.17, 15) is 9.59 Å². The number of carboxylic acids is 1. The molecule has 1 aliphatic heterocycles. The molecule has 0 aromatic rings. The van der Waals surface area contributed by atoms with Crippen molar-refractivity contribution in [2.75, 3.05) is 26.4 Å². The van der Waals surface area contributed by atoms with Crippen LogP contribution in [0.4, 0.5) is 0 Å². The van der Waals surface area contributed by atoms with E-state index >= 15 is 0 Å². The highest BCUT2D eigenvalue weighted by molar-refractivity contribution is 5.80. The van der Waals surface area contributed by atoms with Gasteiger partial charge in [-0.2, -0.15) is 0 Å². The minimum Gasteiger partial charge on any atom is -0.481 e. The van der Waals surface area contributed by atoms with Gasteiger partial charge in [0.25, 0.3) is 5.91 Å². The number of amides is 1. The maximum absolute atomic E-state index is 11.5. The lowest BCUT2D eigenvalue weighted by molar-refractivity contribution is -0.147. The quantitative estimate of drug-likeness (QED) is 0.644. The van der Waals surface area contributed by atoms with Gasteiger partial charge in [-0.1, -0.05) is 6.92 Å². The molecule has 98 valence electrons. The minimum atomic E-state index is -0.805. The summed E-state index contributed by atoms with van der Waals surface area (Å²) in [5, 5.41) is 11.4. The molecule has 0 saturated carbocycles. The minimum absolute atomic E-state index is 0.187. The van der Waals surface area contributed by atoms with Gasteiger partial charge in [0.15, 0.2) is 6.10 Å². The first-order chi connectivity index (χ1) is 8.11. The van der Waals surface area contributed by atoms with Crippen LogP contribution < -0.4 is 5.32 Å². The molecule has 1 amide bonds. The van der Waals surface area contributed by atoms with Crippen LogP contribution in [0.5, 0.6) is 0 Å². The third kappa shape index (κ3) is 5.14. The monoisotopic (exact) mass is 245 g/mol. The summed E-state index contributed by atoms with van der Waals surface area (Å²) < 4.78 is 10.3. The second-order valence-electron chi connectivity index (χ2n) is 4.11. The van der Waals surface area contributed by atoms with Crippen molar-refractivity contribution in [3.05, 3.63) is 0 Å². The van der Waals surface area contributed by atoms with E-state index in [1.54, 1.807) is 6.92 Å². The predicted molar refractivity (Wildman–Crippen MR) is 59.6 cm³/mol. The van der Waals surface area contributed by atoms with Gasteiger partial charge in [0.05, 0.1) is 25.7 Å². The normalized spacial score (nSPS) is 21.8. The predicted octanol–water partition coefficient (Wildman–Crippen LogP) is 0.0189. The average Bonchev–Trinajstić information content (AvgIpc) is 2.35. The molecule has 0 aliphatic carbocycles. The van der Waals surface area contributed by atoms with Crippen LogP contribution in [0.15, 0.2) is 0 Å². The lowest BCUT2D eigenvalue weighted by Gasteiger charge is -2.22. The van der Waals surface area contributed by atoms with Crippen molar-refractivity contribution in [2.24, 2.45) is 5.92 Å². The summed E-state index contributed by atoms with van der Waals surface area (Å²) >= 11 is 0. The first kappa shape index (κ1) is 13.9. The van der Waals surface area contributed by atoms with Gasteiger partial charge in [-0.15, -0.1) is 0 Å². The van der Waals surface area contributed by atoms with Gasteiger partial charge in [-0.3, -0.25) is 9.59 Å². The van der Waals surface area contributed by atoms with Crippen molar-refractivity contribution in [1.82, 2.24) is 5.32 Å². The molecule has 2 unspecified atom stereocenters. The fourth-order valence-corrected chi connectivity index (χ4v) is 1.50. The molecular weight excluding hydrogens is 226 g/mol. The molecule has 1 heterocycles. The number of nitrogens with one attached hydrogen (secondary N) is 1. The highest BCUT2D eigenvalue weighted by atomic mass is 16.6. The van der Waals surface area contributed by atoms with Gasteiger partial charge in [0.1, 0.15) is 0 Å². The molecule has 6 nitrogen and oxygen atoms in total. The van der Waals surface area contributed by atoms with Crippen LogP contribution in [0, 0.1) is 5.92 Å². The molecule has 2 atom stereocenters. The van der Waals surface area contributed by atoms with Gasteiger partial charge in [-0.05, 0) is 12.8 Å². The molecular formula is C11H19NO5. The maximum Gasteiger partial charge on any atom is 0.306 e. The highest BCUT2D eigenvalue weighted by Gasteiger charge is 2.22. The van der Waals surface area contributed by atoms with Crippen LogP contribution in [0.2, 0.25) is 0 Å². The van der Waals surface area contributed by atoms with Crippen LogP contribution >= 0.6 is 0 Å². The second kappa shape index (κ2) is 7.24. The second-order valence-corrected chi connectivity index (χ2v) is 4.11. The van der Waals surface area contributed by atoms with Crippen LogP contribution in [0.25, 0.3) is 0 Å². The van der Waals surface area contributed by atoms with E-state index < -0.39 is 12.1 Å². The van der Waals surface area contributed by atoms with E-state index in [-0.39, 0.29) is 18.4 Å². The largest absolute Gasteiger partial charge is 0.481 e. The summed E-state index contributed by atoms with van der Waals surface area (Å²) in [6.45, 7) is 3.38. The summed E-state index contributed by atoms with van der Waals surface area (Å²) in [5.41, 5.74) is 0. The number of aliphatic carboxylic acids is 1. The molecule has 0 aromatic carbocycles. The van der Waals surface area contributed by atoms with E-state index in [0.29, 0.717) is 32.6 Å². The van der Waals surface area contributed by atoms with Gasteiger partial charge in [-0.25, -0.2) is 0 Å². The van der Waals surface area contributed by atoms with Gasteiger partial charge < -0.3 is 19.9 Å². The topological polar surface area (TPSA) is 84.9 Å². The summed E-state index contributed by atoms with van der Waals surface area (Å²) in [5.74, 6) is -1.37. The molecule has 1 rings (SSSR count). The third-order valence-electron chi connectivity index (χ3n) is 2.64. The van der Waals surface area contributed by atoms with Crippen molar-refractivity contribution in [2.45, 2.75) is 25.9 Å². The van der Waals surface area contributed by atoms with E-state index in [0.717, 1.165) is 0 Å². The molecule has 1 aliphatic rings. The number of hydrogen-bond donors (Lipinski definition) is 2. The van der Waals surface area contributed by atoms with Crippen molar-refractivity contribution < 1.29 is 24.2 Å². The van der Waals surface area contributed by atoms with Crippen LogP contribution in [-0.2, 0) is 19.1 Å². The Kier molecular flexibility index (Phi) is 5.93. The molecule has 0 aromatic heterocycles. The van der Waals surface area contributed by atoms with E-state index in [1.165, 1.54) is 0 Å². The summed E-state index contributed by atoms with van der Waals surface area (Å²) in [7, 11) is 0. The Morgan fingerprint density at radius 1 is 1.47 bits per heavy atom. The first-order valence-electron chi connectivity index (χ1n) is 5.81. The number of carboxylic acid groups (broad SMARTS) is 1. The molecule has 0 bridgehead atoms. The van der Waals surface area contributed by atoms with Crippen LogP contribution in [0.3, 0.4) is 0 Å². The van der Waals surface area contributed by atoms with Gasteiger partial charge in [0.2, 0.25) is 0 Å². The Labute approximate surface area is 100 Å². The Morgan fingerprint density at radius 3 is 2.82 bits per heavy atom. The number of ether oxygens (including phenoxy) is 2. The molecule has 6 heteroatoms. The van der Waals surface area contributed by atoms with Crippen LogP contribution in [0.1, 0.15) is 19.8 Å². The van der Waals surface area contributed by atoms with E-state index in [2.05, 4.69) is 5.32 Å².